The van der Waals surface area contributed by atoms with Crippen molar-refractivity contribution in [2.24, 2.45) is 5.92 Å². The molecule has 0 aliphatic carbocycles. The monoisotopic (exact) mass is 238 g/mol. The number of aliphatic hydroxyl groups excluding tert-OH is 1. The summed E-state index contributed by atoms with van der Waals surface area (Å²) < 4.78 is 11.4. The number of hydrogen-bond acceptors (Lipinski definition) is 3. The van der Waals surface area contributed by atoms with Crippen molar-refractivity contribution in [3.8, 4) is 12.3 Å². The second-order valence-corrected chi connectivity index (χ2v) is 4.46. The van der Waals surface area contributed by atoms with Gasteiger partial charge in [-0.25, -0.2) is 0 Å². The van der Waals surface area contributed by atoms with E-state index in [0.29, 0.717) is 6.42 Å². The van der Waals surface area contributed by atoms with Crippen LogP contribution < -0.4 is 0 Å². The lowest BCUT2D eigenvalue weighted by Gasteiger charge is -2.31. The Morgan fingerprint density at radius 1 is 1.65 bits per heavy atom. The van der Waals surface area contributed by atoms with Crippen LogP contribution in [0.4, 0.5) is 0 Å². The summed E-state index contributed by atoms with van der Waals surface area (Å²) in [4.78, 5) is 0. The molecule has 96 valence electrons. The first-order chi connectivity index (χ1) is 8.19. The topological polar surface area (TPSA) is 38.7 Å². The quantitative estimate of drug-likeness (QED) is 0.569. The Bertz CT molecular complexity index is 263. The van der Waals surface area contributed by atoms with Crippen LogP contribution in [0.3, 0.4) is 0 Å². The van der Waals surface area contributed by atoms with E-state index in [2.05, 4.69) is 12.5 Å². The van der Waals surface area contributed by atoms with Crippen LogP contribution in [0.1, 0.15) is 32.6 Å². The van der Waals surface area contributed by atoms with Crippen LogP contribution in [0.25, 0.3) is 0 Å². The van der Waals surface area contributed by atoms with E-state index < -0.39 is 6.10 Å². The fraction of sp³-hybridized carbons (Fsp3) is 0.714. The minimum Gasteiger partial charge on any atom is -0.389 e. The van der Waals surface area contributed by atoms with E-state index in [0.717, 1.165) is 25.9 Å². The Hall–Kier alpha value is -0.820. The first-order valence-electron chi connectivity index (χ1n) is 6.20. The molecule has 1 heterocycles. The Balaban J connectivity index is 2.52. The molecule has 0 radical (unpaired) electrons. The van der Waals surface area contributed by atoms with Gasteiger partial charge in [-0.05, 0) is 19.3 Å². The molecule has 1 rings (SSSR count). The molecule has 3 heteroatoms. The van der Waals surface area contributed by atoms with Gasteiger partial charge in [0.25, 0.3) is 0 Å². The third-order valence-corrected chi connectivity index (χ3v) is 3.15. The standard InChI is InChI=1S/C14H22O3/c1-4-8-13(11(3)12(15)5-2)17-14-9-6-7-10-16-14/h1,5,11-15H,2,6-10H2,3H3/t11-,12?,13+,14?/m0/s1. The van der Waals surface area contributed by atoms with E-state index in [1.54, 1.807) is 0 Å². The Labute approximate surface area is 104 Å². The second kappa shape index (κ2) is 7.50. The minimum atomic E-state index is -0.600. The molecule has 1 N–H and O–H groups in total. The van der Waals surface area contributed by atoms with E-state index in [9.17, 15) is 5.11 Å². The van der Waals surface area contributed by atoms with Crippen LogP contribution in [-0.2, 0) is 9.47 Å². The largest absolute Gasteiger partial charge is 0.389 e. The summed E-state index contributed by atoms with van der Waals surface area (Å²) >= 11 is 0. The second-order valence-electron chi connectivity index (χ2n) is 4.46. The molecular formula is C14H22O3. The van der Waals surface area contributed by atoms with Crippen molar-refractivity contribution in [2.45, 2.75) is 51.1 Å². The number of aliphatic hydroxyl groups is 1. The third kappa shape index (κ3) is 4.51. The first kappa shape index (κ1) is 14.2. The summed E-state index contributed by atoms with van der Waals surface area (Å²) in [5.41, 5.74) is 0. The van der Waals surface area contributed by atoms with E-state index in [-0.39, 0.29) is 18.3 Å². The van der Waals surface area contributed by atoms with Gasteiger partial charge in [-0.1, -0.05) is 13.0 Å². The van der Waals surface area contributed by atoms with Crippen LogP contribution >= 0.6 is 0 Å². The van der Waals surface area contributed by atoms with Crippen molar-refractivity contribution < 1.29 is 14.6 Å². The summed E-state index contributed by atoms with van der Waals surface area (Å²) in [6, 6.07) is 0. The molecule has 1 saturated heterocycles. The molecule has 0 bridgehead atoms. The number of terminal acetylenes is 1. The third-order valence-electron chi connectivity index (χ3n) is 3.15. The zero-order chi connectivity index (χ0) is 12.7. The molecule has 1 aliphatic heterocycles. The molecule has 3 nitrogen and oxygen atoms in total. The van der Waals surface area contributed by atoms with E-state index in [4.69, 9.17) is 15.9 Å². The van der Waals surface area contributed by atoms with E-state index >= 15 is 0 Å². The molecular weight excluding hydrogens is 216 g/mol. The maximum Gasteiger partial charge on any atom is 0.158 e. The molecule has 0 amide bonds. The Morgan fingerprint density at radius 2 is 2.41 bits per heavy atom. The van der Waals surface area contributed by atoms with Crippen molar-refractivity contribution in [3.63, 3.8) is 0 Å². The minimum absolute atomic E-state index is 0.0749. The van der Waals surface area contributed by atoms with E-state index in [1.807, 2.05) is 6.92 Å². The van der Waals surface area contributed by atoms with Gasteiger partial charge in [0.2, 0.25) is 0 Å². The molecule has 0 spiro atoms. The van der Waals surface area contributed by atoms with Gasteiger partial charge in [-0.15, -0.1) is 18.9 Å². The normalized spacial score (nSPS) is 25.6. The van der Waals surface area contributed by atoms with Crippen LogP contribution in [0, 0.1) is 18.3 Å². The fourth-order valence-electron chi connectivity index (χ4n) is 1.92. The highest BCUT2D eigenvalue weighted by molar-refractivity contribution is 4.94. The molecule has 1 fully saturated rings. The molecule has 1 aliphatic rings. The van der Waals surface area contributed by atoms with Crippen molar-refractivity contribution in [1.82, 2.24) is 0 Å². The van der Waals surface area contributed by atoms with Gasteiger partial charge in [-0.2, -0.15) is 0 Å². The smallest absolute Gasteiger partial charge is 0.158 e. The van der Waals surface area contributed by atoms with Crippen molar-refractivity contribution in [3.05, 3.63) is 12.7 Å². The van der Waals surface area contributed by atoms with Crippen LogP contribution in [0.5, 0.6) is 0 Å². The molecule has 17 heavy (non-hydrogen) atoms. The van der Waals surface area contributed by atoms with Crippen LogP contribution in [0.15, 0.2) is 12.7 Å². The predicted molar refractivity (Wildman–Crippen MR) is 67.3 cm³/mol. The Kier molecular flexibility index (Phi) is 6.28. The van der Waals surface area contributed by atoms with Gasteiger partial charge < -0.3 is 14.6 Å². The number of rotatable bonds is 6. The molecule has 2 unspecified atom stereocenters. The van der Waals surface area contributed by atoms with Crippen LogP contribution in [0.2, 0.25) is 0 Å². The van der Waals surface area contributed by atoms with Crippen molar-refractivity contribution >= 4 is 0 Å². The highest BCUT2D eigenvalue weighted by Crippen LogP contribution is 2.22. The maximum absolute atomic E-state index is 9.75. The van der Waals surface area contributed by atoms with Gasteiger partial charge in [0.1, 0.15) is 0 Å². The maximum atomic E-state index is 9.75. The lowest BCUT2D eigenvalue weighted by atomic mass is 9.95. The fourth-order valence-corrected chi connectivity index (χ4v) is 1.92. The SMILES string of the molecule is C#CC[C@@H](OC1CCCCO1)[C@@H](C)C(O)C=C. The first-order valence-corrected chi connectivity index (χ1v) is 6.20. The number of ether oxygens (including phenoxy) is 2. The van der Waals surface area contributed by atoms with Gasteiger partial charge >= 0.3 is 0 Å². The van der Waals surface area contributed by atoms with Crippen LogP contribution in [-0.4, -0.2) is 30.2 Å². The predicted octanol–water partition coefficient (Wildman–Crippen LogP) is 2.10. The Morgan fingerprint density at radius 3 is 2.94 bits per heavy atom. The van der Waals surface area contributed by atoms with Crippen molar-refractivity contribution in [1.29, 1.82) is 0 Å². The summed E-state index contributed by atoms with van der Waals surface area (Å²) in [6.07, 6.45) is 9.47. The van der Waals surface area contributed by atoms with Gasteiger partial charge in [0, 0.05) is 18.9 Å². The van der Waals surface area contributed by atoms with Crippen molar-refractivity contribution in [2.75, 3.05) is 6.61 Å². The zero-order valence-corrected chi connectivity index (χ0v) is 10.5. The molecule has 4 atom stereocenters. The molecule has 0 aromatic carbocycles. The van der Waals surface area contributed by atoms with E-state index in [1.165, 1.54) is 6.08 Å². The van der Waals surface area contributed by atoms with Gasteiger partial charge in [0.05, 0.1) is 12.2 Å². The van der Waals surface area contributed by atoms with Gasteiger partial charge in [-0.3, -0.25) is 0 Å². The summed E-state index contributed by atoms with van der Waals surface area (Å²) in [7, 11) is 0. The average molecular weight is 238 g/mol. The highest BCUT2D eigenvalue weighted by Gasteiger charge is 2.26. The summed E-state index contributed by atoms with van der Waals surface area (Å²) in [6.45, 7) is 6.24. The summed E-state index contributed by atoms with van der Waals surface area (Å²) in [5.74, 6) is 2.52. The molecule has 0 saturated carbocycles. The zero-order valence-electron chi connectivity index (χ0n) is 10.5. The highest BCUT2D eigenvalue weighted by atomic mass is 16.7. The number of hydrogen-bond donors (Lipinski definition) is 1. The average Bonchev–Trinajstić information content (AvgIpc) is 2.37. The van der Waals surface area contributed by atoms with Gasteiger partial charge in [0.15, 0.2) is 6.29 Å². The molecule has 0 aromatic rings. The molecule has 0 aromatic heterocycles. The summed E-state index contributed by atoms with van der Waals surface area (Å²) in [5, 5.41) is 9.75. The lowest BCUT2D eigenvalue weighted by molar-refractivity contribution is -0.200. The lowest BCUT2D eigenvalue weighted by Crippen LogP contribution is -2.35.